The molecule has 0 saturated heterocycles. The molecular formula is C26H19BrN2O6. The van der Waals surface area contributed by atoms with Crippen molar-refractivity contribution in [3.63, 3.8) is 0 Å². The number of rotatable bonds is 7. The average molecular weight is 535 g/mol. The fraction of sp³-hybridized carbons (Fsp3) is 0.115. The Kier molecular flexibility index (Phi) is 6.88. The summed E-state index contributed by atoms with van der Waals surface area (Å²) in [6, 6.07) is 18.5. The van der Waals surface area contributed by atoms with E-state index in [0.717, 1.165) is 21.7 Å². The normalized spacial score (nSPS) is 10.7. The molecule has 0 N–H and O–H groups in total. The van der Waals surface area contributed by atoms with Crippen molar-refractivity contribution < 1.29 is 24.0 Å². The molecule has 0 fully saturated rings. The summed E-state index contributed by atoms with van der Waals surface area (Å²) in [6.07, 6.45) is 0. The summed E-state index contributed by atoms with van der Waals surface area (Å²) in [5.41, 5.74) is 2.90. The molecule has 0 unspecified atom stereocenters. The van der Waals surface area contributed by atoms with Crippen molar-refractivity contribution in [2.75, 3.05) is 13.7 Å². The van der Waals surface area contributed by atoms with Crippen molar-refractivity contribution >= 4 is 44.3 Å². The van der Waals surface area contributed by atoms with Crippen molar-refractivity contribution in [2.24, 2.45) is 0 Å². The molecule has 0 aliphatic heterocycles. The Bertz CT molecular complexity index is 1470. The maximum Gasteiger partial charge on any atom is 0.339 e. The molecule has 0 aliphatic carbocycles. The maximum absolute atomic E-state index is 13.1. The number of carbonyl (C=O) groups is 2. The van der Waals surface area contributed by atoms with Crippen LogP contribution in [0.2, 0.25) is 0 Å². The van der Waals surface area contributed by atoms with Crippen LogP contribution in [0.3, 0.4) is 0 Å². The molecule has 0 atom stereocenters. The first kappa shape index (κ1) is 24.0. The number of aryl methyl sites for hydroxylation is 1. The third kappa shape index (κ3) is 5.20. The lowest BCUT2D eigenvalue weighted by atomic mass is 10.0. The second-order valence-corrected chi connectivity index (χ2v) is 8.64. The van der Waals surface area contributed by atoms with E-state index in [1.165, 1.54) is 19.2 Å². The van der Waals surface area contributed by atoms with Crippen LogP contribution >= 0.6 is 15.9 Å². The molecule has 176 valence electrons. The number of hydrogen-bond acceptors (Lipinski definition) is 7. The Hall–Kier alpha value is -4.11. The highest BCUT2D eigenvalue weighted by atomic mass is 79.9. The van der Waals surface area contributed by atoms with Gasteiger partial charge in [-0.1, -0.05) is 39.7 Å². The Morgan fingerprint density at radius 3 is 2.46 bits per heavy atom. The quantitative estimate of drug-likeness (QED) is 0.125. The van der Waals surface area contributed by atoms with E-state index >= 15 is 0 Å². The smallest absolute Gasteiger partial charge is 0.339 e. The number of halogens is 1. The van der Waals surface area contributed by atoms with E-state index < -0.39 is 23.3 Å². The largest absolute Gasteiger partial charge is 0.490 e. The first-order valence-corrected chi connectivity index (χ1v) is 11.3. The molecule has 1 aromatic heterocycles. The summed E-state index contributed by atoms with van der Waals surface area (Å²) in [7, 11) is 1.30. The molecule has 0 bridgehead atoms. The average Bonchev–Trinajstić information content (AvgIpc) is 2.86. The van der Waals surface area contributed by atoms with Gasteiger partial charge in [-0.25, -0.2) is 9.78 Å². The maximum atomic E-state index is 13.1. The number of carbonyl (C=O) groups excluding carboxylic acids is 2. The molecule has 8 nitrogen and oxygen atoms in total. The highest BCUT2D eigenvalue weighted by Crippen LogP contribution is 2.29. The van der Waals surface area contributed by atoms with Crippen molar-refractivity contribution in [3.05, 3.63) is 98.0 Å². The van der Waals surface area contributed by atoms with Gasteiger partial charge in [0, 0.05) is 27.1 Å². The van der Waals surface area contributed by atoms with Crippen LogP contribution in [0.25, 0.3) is 22.2 Å². The number of Topliss-reactive ketones (excluding diaryl/α,β-unsaturated/α-hetero) is 1. The minimum absolute atomic E-state index is 0.0302. The molecule has 9 heteroatoms. The molecule has 0 aliphatic rings. The SMILES string of the molecule is COc1ccc(C(=O)COC(=O)c2cc(-c3ccc(Br)cc3)nc3ccc(C)cc23)cc1[N+](=O)[O-]. The van der Waals surface area contributed by atoms with E-state index in [0.29, 0.717) is 16.6 Å². The number of methoxy groups -OCH3 is 1. The molecule has 4 rings (SSSR count). The Labute approximate surface area is 208 Å². The first-order valence-electron chi connectivity index (χ1n) is 10.5. The zero-order chi connectivity index (χ0) is 25.1. The molecule has 3 aromatic carbocycles. The van der Waals surface area contributed by atoms with Gasteiger partial charge in [-0.05, 0) is 49.4 Å². The standard InChI is InChI=1S/C26H19BrN2O6/c1-15-3-9-21-19(11-15)20(13-22(28-21)16-4-7-18(27)8-5-16)26(31)35-14-24(30)17-6-10-25(34-2)23(12-17)29(32)33/h3-13H,14H2,1-2H3. The van der Waals surface area contributed by atoms with E-state index in [1.807, 2.05) is 49.4 Å². The van der Waals surface area contributed by atoms with Crippen LogP contribution in [0, 0.1) is 17.0 Å². The van der Waals surface area contributed by atoms with Gasteiger partial charge in [0.05, 0.1) is 28.8 Å². The molecule has 0 radical (unpaired) electrons. The van der Waals surface area contributed by atoms with E-state index in [1.54, 1.807) is 6.07 Å². The lowest BCUT2D eigenvalue weighted by molar-refractivity contribution is -0.385. The summed E-state index contributed by atoms with van der Waals surface area (Å²) < 4.78 is 11.2. The zero-order valence-corrected chi connectivity index (χ0v) is 20.4. The minimum atomic E-state index is -0.697. The Balaban J connectivity index is 1.63. The second kappa shape index (κ2) is 10.0. The second-order valence-electron chi connectivity index (χ2n) is 7.73. The Morgan fingerprint density at radius 1 is 1.03 bits per heavy atom. The van der Waals surface area contributed by atoms with Gasteiger partial charge in [-0.2, -0.15) is 0 Å². The molecular weight excluding hydrogens is 516 g/mol. The van der Waals surface area contributed by atoms with Gasteiger partial charge in [0.25, 0.3) is 0 Å². The summed E-state index contributed by atoms with van der Waals surface area (Å²) in [5, 5.41) is 11.8. The number of nitrogens with zero attached hydrogens (tertiary/aromatic N) is 2. The highest BCUT2D eigenvalue weighted by Gasteiger charge is 2.21. The van der Waals surface area contributed by atoms with Crippen LogP contribution in [0.1, 0.15) is 26.3 Å². The molecule has 1 heterocycles. The summed E-state index contributed by atoms with van der Waals surface area (Å²) in [4.78, 5) is 41.0. The summed E-state index contributed by atoms with van der Waals surface area (Å²) in [6.45, 7) is 1.32. The minimum Gasteiger partial charge on any atom is -0.490 e. The highest BCUT2D eigenvalue weighted by molar-refractivity contribution is 9.10. The molecule has 0 saturated carbocycles. The van der Waals surface area contributed by atoms with Crippen LogP contribution in [0.5, 0.6) is 5.75 Å². The third-order valence-electron chi connectivity index (χ3n) is 5.36. The topological polar surface area (TPSA) is 109 Å². The predicted octanol–water partition coefficient (Wildman–Crippen LogP) is 5.93. The number of ether oxygens (including phenoxy) is 2. The van der Waals surface area contributed by atoms with Crippen LogP contribution in [-0.4, -0.2) is 35.4 Å². The number of aromatic nitrogens is 1. The van der Waals surface area contributed by atoms with Gasteiger partial charge < -0.3 is 9.47 Å². The van der Waals surface area contributed by atoms with Crippen molar-refractivity contribution in [3.8, 4) is 17.0 Å². The number of ketones is 1. The van der Waals surface area contributed by atoms with Gasteiger partial charge >= 0.3 is 11.7 Å². The monoisotopic (exact) mass is 534 g/mol. The number of nitro groups is 1. The van der Waals surface area contributed by atoms with Gasteiger partial charge in [0.2, 0.25) is 5.78 Å². The molecule has 0 amide bonds. The first-order chi connectivity index (χ1) is 16.8. The lowest BCUT2D eigenvalue weighted by Crippen LogP contribution is -2.15. The van der Waals surface area contributed by atoms with Crippen LogP contribution in [-0.2, 0) is 4.74 Å². The molecule has 0 spiro atoms. The number of esters is 1. The van der Waals surface area contributed by atoms with E-state index in [2.05, 4.69) is 20.9 Å². The number of pyridine rings is 1. The number of nitro benzene ring substituents is 1. The summed E-state index contributed by atoms with van der Waals surface area (Å²) >= 11 is 3.41. The van der Waals surface area contributed by atoms with Crippen LogP contribution in [0.15, 0.2) is 71.2 Å². The number of hydrogen-bond donors (Lipinski definition) is 0. The van der Waals surface area contributed by atoms with Gasteiger partial charge in [-0.15, -0.1) is 0 Å². The van der Waals surface area contributed by atoms with E-state index in [4.69, 9.17) is 9.47 Å². The number of fused-ring (bicyclic) bond motifs is 1. The van der Waals surface area contributed by atoms with Gasteiger partial charge in [0.1, 0.15) is 0 Å². The third-order valence-corrected chi connectivity index (χ3v) is 5.88. The van der Waals surface area contributed by atoms with E-state index in [-0.39, 0.29) is 22.6 Å². The van der Waals surface area contributed by atoms with Crippen molar-refractivity contribution in [1.29, 1.82) is 0 Å². The number of benzene rings is 3. The van der Waals surface area contributed by atoms with Gasteiger partial charge in [-0.3, -0.25) is 14.9 Å². The molecule has 35 heavy (non-hydrogen) atoms. The van der Waals surface area contributed by atoms with E-state index in [9.17, 15) is 19.7 Å². The lowest BCUT2D eigenvalue weighted by Gasteiger charge is -2.11. The fourth-order valence-corrected chi connectivity index (χ4v) is 3.84. The van der Waals surface area contributed by atoms with Gasteiger partial charge in [0.15, 0.2) is 12.4 Å². The zero-order valence-electron chi connectivity index (χ0n) is 18.8. The summed E-state index contributed by atoms with van der Waals surface area (Å²) in [5.74, 6) is -1.24. The van der Waals surface area contributed by atoms with Crippen LogP contribution in [0.4, 0.5) is 5.69 Å². The predicted molar refractivity (Wildman–Crippen MR) is 134 cm³/mol. The Morgan fingerprint density at radius 2 is 1.77 bits per heavy atom. The van der Waals surface area contributed by atoms with Crippen LogP contribution < -0.4 is 4.74 Å². The van der Waals surface area contributed by atoms with Crippen molar-refractivity contribution in [2.45, 2.75) is 6.92 Å². The fourth-order valence-electron chi connectivity index (χ4n) is 3.58. The van der Waals surface area contributed by atoms with Crippen molar-refractivity contribution in [1.82, 2.24) is 4.98 Å². The molecule has 4 aromatic rings.